The first kappa shape index (κ1) is 19.0. The summed E-state index contributed by atoms with van der Waals surface area (Å²) in [5.74, 6) is 2.07. The van der Waals surface area contributed by atoms with Crippen LogP contribution in [0.25, 0.3) is 0 Å². The van der Waals surface area contributed by atoms with Crippen LogP contribution in [0.2, 0.25) is 0 Å². The highest BCUT2D eigenvalue weighted by Crippen LogP contribution is 2.23. The highest BCUT2D eigenvalue weighted by Gasteiger charge is 2.28. The maximum atomic E-state index is 12.4. The van der Waals surface area contributed by atoms with E-state index in [4.69, 9.17) is 14.2 Å². The summed E-state index contributed by atoms with van der Waals surface area (Å²) >= 11 is 0. The molecular weight excluding hydrogens is 332 g/mol. The van der Waals surface area contributed by atoms with Gasteiger partial charge >= 0.3 is 0 Å². The van der Waals surface area contributed by atoms with Crippen molar-refractivity contribution in [3.05, 3.63) is 23.8 Å². The van der Waals surface area contributed by atoms with Crippen molar-refractivity contribution in [2.45, 2.75) is 38.3 Å². The number of amides is 1. The minimum absolute atomic E-state index is 0.132. The van der Waals surface area contributed by atoms with Crippen molar-refractivity contribution in [2.24, 2.45) is 5.92 Å². The summed E-state index contributed by atoms with van der Waals surface area (Å²) in [6.07, 6.45) is 4.24. The van der Waals surface area contributed by atoms with Crippen LogP contribution in [0.1, 0.15) is 31.2 Å². The molecule has 144 valence electrons. The molecule has 2 fully saturated rings. The van der Waals surface area contributed by atoms with Crippen LogP contribution in [0.3, 0.4) is 0 Å². The molecule has 1 atom stereocenters. The quantitative estimate of drug-likeness (QED) is 0.752. The van der Waals surface area contributed by atoms with E-state index in [0.29, 0.717) is 6.54 Å². The van der Waals surface area contributed by atoms with Crippen LogP contribution in [-0.4, -0.2) is 52.5 Å². The van der Waals surface area contributed by atoms with Gasteiger partial charge in [-0.3, -0.25) is 4.79 Å². The molecule has 0 radical (unpaired) electrons. The Bertz CT molecular complexity index is 593. The molecule has 2 aliphatic rings. The van der Waals surface area contributed by atoms with E-state index in [0.717, 1.165) is 69.0 Å². The van der Waals surface area contributed by atoms with Crippen molar-refractivity contribution in [1.29, 1.82) is 0 Å². The van der Waals surface area contributed by atoms with Gasteiger partial charge < -0.3 is 24.4 Å². The zero-order chi connectivity index (χ0) is 18.4. The number of carbonyl (C=O) groups is 1. The van der Waals surface area contributed by atoms with E-state index >= 15 is 0 Å². The van der Waals surface area contributed by atoms with Crippen molar-refractivity contribution in [3.8, 4) is 11.5 Å². The molecule has 2 saturated heterocycles. The molecule has 0 aromatic heterocycles. The predicted molar refractivity (Wildman–Crippen MR) is 98.7 cm³/mol. The summed E-state index contributed by atoms with van der Waals surface area (Å²) in [5.41, 5.74) is 1.16. The van der Waals surface area contributed by atoms with Gasteiger partial charge in [0.1, 0.15) is 18.0 Å². The van der Waals surface area contributed by atoms with Crippen molar-refractivity contribution < 1.29 is 23.9 Å². The van der Waals surface area contributed by atoms with Gasteiger partial charge in [0, 0.05) is 31.9 Å². The highest BCUT2D eigenvalue weighted by atomic mass is 16.5. The molecule has 3 rings (SSSR count). The van der Waals surface area contributed by atoms with Crippen LogP contribution in [0.15, 0.2) is 18.2 Å². The van der Waals surface area contributed by atoms with Crippen LogP contribution in [0.5, 0.6) is 11.5 Å². The molecule has 2 aliphatic heterocycles. The number of methoxy groups -OCH3 is 2. The van der Waals surface area contributed by atoms with E-state index in [2.05, 4.69) is 5.32 Å². The van der Waals surface area contributed by atoms with Crippen LogP contribution >= 0.6 is 0 Å². The molecule has 0 aliphatic carbocycles. The Morgan fingerprint density at radius 1 is 1.23 bits per heavy atom. The Kier molecular flexibility index (Phi) is 6.74. The third kappa shape index (κ3) is 4.89. The van der Waals surface area contributed by atoms with Gasteiger partial charge in [0.05, 0.1) is 39.0 Å². The Labute approximate surface area is 155 Å². The first-order chi connectivity index (χ1) is 12.7. The predicted octanol–water partition coefficient (Wildman–Crippen LogP) is 0.794. The van der Waals surface area contributed by atoms with Crippen molar-refractivity contribution >= 4 is 5.91 Å². The summed E-state index contributed by atoms with van der Waals surface area (Å²) in [5, 5.41) is 3.08. The number of hydrogen-bond donors (Lipinski definition) is 2. The van der Waals surface area contributed by atoms with Gasteiger partial charge in [0.25, 0.3) is 0 Å². The average Bonchev–Trinajstić information content (AvgIpc) is 3.20. The lowest BCUT2D eigenvalue weighted by molar-refractivity contribution is -0.919. The van der Waals surface area contributed by atoms with E-state index < -0.39 is 0 Å². The minimum Gasteiger partial charge on any atom is -0.497 e. The van der Waals surface area contributed by atoms with E-state index in [-0.39, 0.29) is 17.9 Å². The summed E-state index contributed by atoms with van der Waals surface area (Å²) in [6.45, 7) is 4.38. The van der Waals surface area contributed by atoms with Crippen LogP contribution in [0.4, 0.5) is 0 Å². The standard InChI is InChI=1S/C20H30N2O4/c1-24-17-5-6-19(25-2)16(12-17)14-22-9-7-15(8-10-22)20(23)21-13-18-4-3-11-26-18/h5-6,12,15,18H,3-4,7-11,13-14H2,1-2H3,(H,21,23)/p+1/t18-/m1/s1. The topological polar surface area (TPSA) is 61.2 Å². The fraction of sp³-hybridized carbons (Fsp3) is 0.650. The Morgan fingerprint density at radius 3 is 2.69 bits per heavy atom. The number of nitrogens with one attached hydrogen (secondary N) is 2. The number of carbonyl (C=O) groups excluding carboxylic acids is 1. The van der Waals surface area contributed by atoms with Gasteiger partial charge in [-0.15, -0.1) is 0 Å². The molecule has 2 N–H and O–H groups in total. The summed E-state index contributed by atoms with van der Waals surface area (Å²) in [6, 6.07) is 5.92. The first-order valence-electron chi connectivity index (χ1n) is 9.63. The number of ether oxygens (including phenoxy) is 3. The monoisotopic (exact) mass is 363 g/mol. The number of hydrogen-bond acceptors (Lipinski definition) is 4. The lowest BCUT2D eigenvalue weighted by Gasteiger charge is -2.29. The molecule has 0 unspecified atom stereocenters. The van der Waals surface area contributed by atoms with Crippen LogP contribution in [-0.2, 0) is 16.1 Å². The summed E-state index contributed by atoms with van der Waals surface area (Å²) < 4.78 is 16.4. The maximum Gasteiger partial charge on any atom is 0.223 e. The largest absolute Gasteiger partial charge is 0.497 e. The molecule has 6 nitrogen and oxygen atoms in total. The van der Waals surface area contributed by atoms with Gasteiger partial charge in [-0.25, -0.2) is 0 Å². The summed E-state index contributed by atoms with van der Waals surface area (Å²) in [4.78, 5) is 13.9. The maximum absolute atomic E-state index is 12.4. The van der Waals surface area contributed by atoms with E-state index in [1.807, 2.05) is 18.2 Å². The number of benzene rings is 1. The number of rotatable bonds is 7. The van der Waals surface area contributed by atoms with Crippen molar-refractivity contribution in [3.63, 3.8) is 0 Å². The lowest BCUT2D eigenvalue weighted by Crippen LogP contribution is -3.11. The fourth-order valence-corrected chi connectivity index (χ4v) is 3.92. The third-order valence-corrected chi connectivity index (χ3v) is 5.52. The smallest absolute Gasteiger partial charge is 0.223 e. The molecule has 1 aromatic rings. The van der Waals surface area contributed by atoms with Crippen LogP contribution < -0.4 is 19.7 Å². The number of quaternary nitrogens is 1. The molecule has 1 aromatic carbocycles. The van der Waals surface area contributed by atoms with Gasteiger partial charge in [0.2, 0.25) is 5.91 Å². The van der Waals surface area contributed by atoms with Gasteiger partial charge in [-0.1, -0.05) is 0 Å². The van der Waals surface area contributed by atoms with E-state index in [1.165, 1.54) is 4.90 Å². The first-order valence-corrected chi connectivity index (χ1v) is 9.63. The average molecular weight is 363 g/mol. The van der Waals surface area contributed by atoms with E-state index in [1.54, 1.807) is 14.2 Å². The fourth-order valence-electron chi connectivity index (χ4n) is 3.92. The third-order valence-electron chi connectivity index (χ3n) is 5.52. The second-order valence-electron chi connectivity index (χ2n) is 7.26. The Morgan fingerprint density at radius 2 is 2.04 bits per heavy atom. The molecule has 2 heterocycles. The van der Waals surface area contributed by atoms with Gasteiger partial charge in [0.15, 0.2) is 0 Å². The normalized spacial score (nSPS) is 25.7. The zero-order valence-corrected chi connectivity index (χ0v) is 15.9. The highest BCUT2D eigenvalue weighted by molar-refractivity contribution is 5.78. The minimum atomic E-state index is 0.132. The molecule has 26 heavy (non-hydrogen) atoms. The van der Waals surface area contributed by atoms with Gasteiger partial charge in [-0.2, -0.15) is 0 Å². The lowest BCUT2D eigenvalue weighted by atomic mass is 9.95. The molecule has 0 spiro atoms. The van der Waals surface area contributed by atoms with E-state index in [9.17, 15) is 4.79 Å². The Hall–Kier alpha value is -1.79. The van der Waals surface area contributed by atoms with Crippen molar-refractivity contribution in [1.82, 2.24) is 5.32 Å². The number of likely N-dealkylation sites (tertiary alicyclic amines) is 1. The summed E-state index contributed by atoms with van der Waals surface area (Å²) in [7, 11) is 3.38. The van der Waals surface area contributed by atoms with Crippen LogP contribution in [0, 0.1) is 5.92 Å². The molecule has 1 amide bonds. The van der Waals surface area contributed by atoms with Crippen molar-refractivity contribution in [2.75, 3.05) is 40.5 Å². The second-order valence-corrected chi connectivity index (χ2v) is 7.26. The van der Waals surface area contributed by atoms with Gasteiger partial charge in [-0.05, 0) is 31.0 Å². The molecule has 0 saturated carbocycles. The number of piperidine rings is 1. The SMILES string of the molecule is COc1ccc(OC)c(C[NH+]2CCC(C(=O)NC[C@H]3CCCO3)CC2)c1. The molecule has 0 bridgehead atoms. The Balaban J connectivity index is 1.46. The molecular formula is C20H31N2O4+. The zero-order valence-electron chi connectivity index (χ0n) is 15.9. The second kappa shape index (κ2) is 9.24. The molecule has 6 heteroatoms.